The minimum Gasteiger partial charge on any atom is -0.493 e. The Morgan fingerprint density at radius 1 is 1.23 bits per heavy atom. The highest BCUT2D eigenvalue weighted by atomic mass is 32.2. The van der Waals surface area contributed by atoms with Gasteiger partial charge in [0.05, 0.1) is 20.5 Å². The first-order chi connectivity index (χ1) is 12.0. The van der Waals surface area contributed by atoms with E-state index >= 15 is 0 Å². The van der Waals surface area contributed by atoms with Gasteiger partial charge < -0.3 is 18.9 Å². The number of ether oxygens (including phenoxy) is 4. The number of carbonyl (C=O) groups excluding carboxylic acids is 2. The molecule has 0 aliphatic carbocycles. The summed E-state index contributed by atoms with van der Waals surface area (Å²) in [5.41, 5.74) is -1.42. The maximum Gasteiger partial charge on any atom is 0.308 e. The molecule has 0 fully saturated rings. The molecule has 0 saturated heterocycles. The molecule has 0 bridgehead atoms. The second-order valence-electron chi connectivity index (χ2n) is 5.63. The number of nitrogens with one attached hydrogen (secondary N) is 1. The number of Topliss-reactive ketones (excluding diaryl/α,β-unsaturated/α-hetero) is 1. The van der Waals surface area contributed by atoms with Crippen LogP contribution in [0.5, 0.6) is 11.5 Å². The van der Waals surface area contributed by atoms with Crippen LogP contribution in [0.1, 0.15) is 19.4 Å². The highest BCUT2D eigenvalue weighted by Crippen LogP contribution is 2.45. The molecule has 0 saturated carbocycles. The number of ketones is 1. The van der Waals surface area contributed by atoms with Gasteiger partial charge in [0.15, 0.2) is 11.5 Å². The van der Waals surface area contributed by atoms with Crippen molar-refractivity contribution in [2.24, 2.45) is 0 Å². The molecule has 26 heavy (non-hydrogen) atoms. The van der Waals surface area contributed by atoms with Gasteiger partial charge in [0.1, 0.15) is 0 Å². The summed E-state index contributed by atoms with van der Waals surface area (Å²) >= 11 is 0. The number of esters is 1. The second-order valence-corrected chi connectivity index (χ2v) is 7.38. The molecule has 1 aliphatic rings. The summed E-state index contributed by atoms with van der Waals surface area (Å²) in [5.74, 6) is -1.97. The molecule has 9 nitrogen and oxygen atoms in total. The van der Waals surface area contributed by atoms with Crippen molar-refractivity contribution in [3.05, 3.63) is 35.4 Å². The maximum atomic E-state index is 12.9. The molecule has 1 aromatic carbocycles. The number of para-hydroxylation sites is 1. The summed E-state index contributed by atoms with van der Waals surface area (Å²) in [4.78, 5) is 24.3. The summed E-state index contributed by atoms with van der Waals surface area (Å²) < 4.78 is 46.2. The zero-order valence-electron chi connectivity index (χ0n) is 14.9. The van der Waals surface area contributed by atoms with Gasteiger partial charge >= 0.3 is 5.97 Å². The summed E-state index contributed by atoms with van der Waals surface area (Å²) in [6.45, 7) is 2.49. The van der Waals surface area contributed by atoms with E-state index in [4.69, 9.17) is 18.9 Å². The van der Waals surface area contributed by atoms with Crippen LogP contribution < -0.4 is 14.2 Å². The number of rotatable bonds is 6. The predicted molar refractivity (Wildman–Crippen MR) is 89.8 cm³/mol. The fourth-order valence-electron chi connectivity index (χ4n) is 2.53. The van der Waals surface area contributed by atoms with Crippen LogP contribution in [0.3, 0.4) is 0 Å². The van der Waals surface area contributed by atoms with E-state index in [2.05, 4.69) is 4.72 Å². The average molecular weight is 385 g/mol. The monoisotopic (exact) mass is 385 g/mol. The van der Waals surface area contributed by atoms with Gasteiger partial charge in [-0.3, -0.25) is 14.3 Å². The maximum absolute atomic E-state index is 12.9. The molecule has 1 unspecified atom stereocenters. The summed E-state index contributed by atoms with van der Waals surface area (Å²) in [6.07, 6.45) is 0.876. The van der Waals surface area contributed by atoms with Crippen molar-refractivity contribution < 1.29 is 37.0 Å². The Morgan fingerprint density at radius 2 is 1.88 bits per heavy atom. The number of benzene rings is 1. The molecule has 0 aromatic heterocycles. The molecule has 1 aromatic rings. The Labute approximate surface area is 150 Å². The van der Waals surface area contributed by atoms with Gasteiger partial charge in [-0.25, -0.2) is 8.42 Å². The lowest BCUT2D eigenvalue weighted by molar-refractivity contribution is -0.142. The third-order valence-electron chi connectivity index (χ3n) is 3.59. The first-order valence-corrected chi connectivity index (χ1v) is 9.28. The second kappa shape index (κ2) is 6.87. The predicted octanol–water partition coefficient (Wildman–Crippen LogP) is 0.800. The zero-order valence-corrected chi connectivity index (χ0v) is 15.7. The van der Waals surface area contributed by atoms with Gasteiger partial charge in [0.2, 0.25) is 27.3 Å². The van der Waals surface area contributed by atoms with Crippen LogP contribution in [0.25, 0.3) is 0 Å². The van der Waals surface area contributed by atoms with Crippen molar-refractivity contribution in [2.45, 2.75) is 19.4 Å². The van der Waals surface area contributed by atoms with Crippen LogP contribution in [0.2, 0.25) is 0 Å². The lowest BCUT2D eigenvalue weighted by atomic mass is 9.90. The standard InChI is InChI=1S/C16H19NO8S/c1-9(18)24-13-14(19)16(2,25-15(13)17-26(5,20)21)10-7-6-8-11(22-3)12(10)23-4/h6-8,17H,1-5H3. The Hall–Kier alpha value is -2.75. The molecule has 10 heteroatoms. The quantitative estimate of drug-likeness (QED) is 0.715. The van der Waals surface area contributed by atoms with Crippen molar-refractivity contribution in [3.8, 4) is 11.5 Å². The van der Waals surface area contributed by atoms with E-state index in [0.29, 0.717) is 5.75 Å². The lowest BCUT2D eigenvalue weighted by Gasteiger charge is -2.26. The van der Waals surface area contributed by atoms with Crippen LogP contribution in [-0.4, -0.2) is 40.6 Å². The van der Waals surface area contributed by atoms with Gasteiger partial charge in [-0.05, 0) is 13.0 Å². The molecule has 1 N–H and O–H groups in total. The minimum atomic E-state index is -3.79. The molecule has 2 rings (SSSR count). The fourth-order valence-corrected chi connectivity index (χ4v) is 3.00. The molecule has 142 valence electrons. The summed E-state index contributed by atoms with van der Waals surface area (Å²) in [7, 11) is -0.973. The van der Waals surface area contributed by atoms with Gasteiger partial charge in [-0.15, -0.1) is 0 Å². The molecule has 1 heterocycles. The minimum absolute atomic E-state index is 0.230. The molecule has 1 aliphatic heterocycles. The van der Waals surface area contributed by atoms with E-state index in [-0.39, 0.29) is 11.3 Å². The number of carbonyl (C=O) groups is 2. The van der Waals surface area contributed by atoms with Gasteiger partial charge in [-0.2, -0.15) is 0 Å². The molecule has 0 radical (unpaired) electrons. The Morgan fingerprint density at radius 3 is 2.38 bits per heavy atom. The third kappa shape index (κ3) is 3.59. The molecular weight excluding hydrogens is 366 g/mol. The van der Waals surface area contributed by atoms with Gasteiger partial charge in [0.25, 0.3) is 5.78 Å². The van der Waals surface area contributed by atoms with Crippen LogP contribution in [0.15, 0.2) is 29.8 Å². The molecule has 0 amide bonds. The number of hydrogen-bond donors (Lipinski definition) is 1. The van der Waals surface area contributed by atoms with E-state index in [0.717, 1.165) is 13.2 Å². The number of hydrogen-bond acceptors (Lipinski definition) is 8. The van der Waals surface area contributed by atoms with Crippen molar-refractivity contribution in [3.63, 3.8) is 0 Å². The van der Waals surface area contributed by atoms with E-state index in [1.165, 1.54) is 21.1 Å². The molecule has 1 atom stereocenters. The topological polar surface area (TPSA) is 117 Å². The normalized spacial score (nSPS) is 19.8. The van der Waals surface area contributed by atoms with Crippen LogP contribution >= 0.6 is 0 Å². The van der Waals surface area contributed by atoms with Crippen LogP contribution in [0, 0.1) is 0 Å². The number of sulfonamides is 1. The SMILES string of the molecule is COc1cccc(C2(C)OC(NS(C)(=O)=O)=C(OC(C)=O)C2=O)c1OC. The molecule has 0 spiro atoms. The van der Waals surface area contributed by atoms with Crippen molar-refractivity contribution in [2.75, 3.05) is 20.5 Å². The third-order valence-corrected chi connectivity index (χ3v) is 4.15. The Balaban J connectivity index is 2.59. The number of methoxy groups -OCH3 is 2. The first-order valence-electron chi connectivity index (χ1n) is 7.39. The highest BCUT2D eigenvalue weighted by molar-refractivity contribution is 7.88. The summed E-state index contributed by atoms with van der Waals surface area (Å²) in [6, 6.07) is 4.81. The largest absolute Gasteiger partial charge is 0.493 e. The van der Waals surface area contributed by atoms with Crippen LogP contribution in [-0.2, 0) is 34.7 Å². The van der Waals surface area contributed by atoms with Crippen LogP contribution in [0.4, 0.5) is 0 Å². The van der Waals surface area contributed by atoms with Crippen molar-refractivity contribution in [1.29, 1.82) is 0 Å². The van der Waals surface area contributed by atoms with Crippen molar-refractivity contribution in [1.82, 2.24) is 4.72 Å². The van der Waals surface area contributed by atoms with E-state index < -0.39 is 39.0 Å². The Bertz CT molecular complexity index is 890. The van der Waals surface area contributed by atoms with E-state index in [9.17, 15) is 18.0 Å². The molecular formula is C16H19NO8S. The van der Waals surface area contributed by atoms with E-state index in [1.54, 1.807) is 18.2 Å². The lowest BCUT2D eigenvalue weighted by Crippen LogP contribution is -2.33. The first kappa shape index (κ1) is 19.6. The van der Waals surface area contributed by atoms with Gasteiger partial charge in [-0.1, -0.05) is 12.1 Å². The smallest absolute Gasteiger partial charge is 0.308 e. The summed E-state index contributed by atoms with van der Waals surface area (Å²) in [5, 5.41) is 0. The fraction of sp³-hybridized carbons (Fsp3) is 0.375. The zero-order chi connectivity index (χ0) is 19.7. The average Bonchev–Trinajstić information content (AvgIpc) is 2.77. The van der Waals surface area contributed by atoms with E-state index in [1.807, 2.05) is 0 Å². The van der Waals surface area contributed by atoms with Gasteiger partial charge in [0, 0.05) is 12.5 Å². The highest BCUT2D eigenvalue weighted by Gasteiger charge is 2.51. The van der Waals surface area contributed by atoms with Crippen molar-refractivity contribution >= 4 is 21.8 Å². The Kier molecular flexibility index (Phi) is 5.17.